The molecule has 0 bridgehead atoms. The van der Waals surface area contributed by atoms with Gasteiger partial charge in [-0.2, -0.15) is 0 Å². The van der Waals surface area contributed by atoms with Crippen molar-refractivity contribution < 1.29 is 4.79 Å². The Morgan fingerprint density at radius 3 is 2.20 bits per heavy atom. The van der Waals surface area contributed by atoms with Gasteiger partial charge in [0.25, 0.3) is 0 Å². The predicted octanol–water partition coefficient (Wildman–Crippen LogP) is 1.92. The summed E-state index contributed by atoms with van der Waals surface area (Å²) in [5, 5.41) is 0. The largest absolute Gasteiger partial charge is 0.298 e. The molecule has 0 amide bonds. The summed E-state index contributed by atoms with van der Waals surface area (Å²) >= 11 is 0. The average molecular weight is 133 g/mol. The number of carbonyl (C=O) groups is 1. The third-order valence-electron chi connectivity index (χ3n) is 1.30. The lowest BCUT2D eigenvalue weighted by molar-refractivity contribution is 0.112. The van der Waals surface area contributed by atoms with Crippen molar-refractivity contribution in [2.24, 2.45) is 0 Å². The minimum atomic E-state index is 0.730. The van der Waals surface area contributed by atoms with Crippen molar-refractivity contribution in [2.45, 2.75) is 13.8 Å². The number of aldehydes is 1. The van der Waals surface area contributed by atoms with Crippen molar-refractivity contribution in [2.75, 3.05) is 0 Å². The van der Waals surface area contributed by atoms with E-state index < -0.39 is 0 Å². The van der Waals surface area contributed by atoms with Gasteiger partial charge in [0, 0.05) is 5.56 Å². The number of benzene rings is 1. The second kappa shape index (κ2) is 2.65. The summed E-state index contributed by atoms with van der Waals surface area (Å²) in [6.45, 7) is 3.86. The van der Waals surface area contributed by atoms with E-state index in [4.69, 9.17) is 0 Å². The van der Waals surface area contributed by atoms with E-state index in [9.17, 15) is 4.79 Å². The van der Waals surface area contributed by atoms with Gasteiger partial charge in [-0.05, 0) is 43.2 Å². The molecule has 1 heteroatoms. The number of hydrogen-bond donors (Lipinski definition) is 0. The van der Waals surface area contributed by atoms with Crippen LogP contribution in [0.25, 0.3) is 0 Å². The Balaban J connectivity index is 3.18. The van der Waals surface area contributed by atoms with Gasteiger partial charge in [0.05, 0.1) is 0 Å². The summed E-state index contributed by atoms with van der Waals surface area (Å²) in [6.07, 6.45) is 0.855. The van der Waals surface area contributed by atoms with Crippen LogP contribution in [0.5, 0.6) is 0 Å². The lowest BCUT2D eigenvalue weighted by Gasteiger charge is -1.95. The SMILES string of the molecule is Cc1[c]c(C)cc(C=O)c1. The maximum absolute atomic E-state index is 10.3. The Bertz CT molecular complexity index is 231. The number of carbonyl (C=O) groups excluding carboxylic acids is 1. The molecule has 51 valence electrons. The fourth-order valence-electron chi connectivity index (χ4n) is 0.993. The minimum Gasteiger partial charge on any atom is -0.298 e. The van der Waals surface area contributed by atoms with Crippen LogP contribution in [0.15, 0.2) is 12.1 Å². The van der Waals surface area contributed by atoms with Crippen LogP contribution in [0.3, 0.4) is 0 Å². The smallest absolute Gasteiger partial charge is 0.150 e. The van der Waals surface area contributed by atoms with Gasteiger partial charge in [0.2, 0.25) is 0 Å². The molecule has 0 aliphatic carbocycles. The van der Waals surface area contributed by atoms with Crippen LogP contribution in [0.4, 0.5) is 0 Å². The molecule has 1 aromatic rings. The first-order valence-corrected chi connectivity index (χ1v) is 3.18. The molecule has 0 fully saturated rings. The number of aryl methyl sites for hydroxylation is 2. The summed E-state index contributed by atoms with van der Waals surface area (Å²) < 4.78 is 0. The highest BCUT2D eigenvalue weighted by atomic mass is 16.1. The van der Waals surface area contributed by atoms with Gasteiger partial charge in [0.15, 0.2) is 0 Å². The van der Waals surface area contributed by atoms with E-state index in [-0.39, 0.29) is 0 Å². The van der Waals surface area contributed by atoms with Crippen molar-refractivity contribution in [1.29, 1.82) is 0 Å². The molecule has 0 spiro atoms. The summed E-state index contributed by atoms with van der Waals surface area (Å²) in [6, 6.07) is 6.72. The highest BCUT2D eigenvalue weighted by molar-refractivity contribution is 5.75. The molecular formula is C9H9O. The first kappa shape index (κ1) is 7.00. The number of rotatable bonds is 1. The maximum atomic E-state index is 10.3. The summed E-state index contributed by atoms with van der Waals surface area (Å²) in [5.41, 5.74) is 2.76. The van der Waals surface area contributed by atoms with Crippen LogP contribution in [0.1, 0.15) is 21.5 Å². The van der Waals surface area contributed by atoms with E-state index in [1.165, 1.54) is 0 Å². The molecule has 1 radical (unpaired) electrons. The maximum Gasteiger partial charge on any atom is 0.150 e. The molecule has 10 heavy (non-hydrogen) atoms. The van der Waals surface area contributed by atoms with Crippen LogP contribution in [-0.4, -0.2) is 6.29 Å². The van der Waals surface area contributed by atoms with Crippen molar-refractivity contribution in [3.05, 3.63) is 34.9 Å². The lowest BCUT2D eigenvalue weighted by Crippen LogP contribution is -1.83. The molecule has 0 aromatic heterocycles. The quantitative estimate of drug-likeness (QED) is 0.535. The third kappa shape index (κ3) is 1.44. The van der Waals surface area contributed by atoms with Gasteiger partial charge in [-0.25, -0.2) is 0 Å². The molecule has 0 saturated heterocycles. The number of hydrogen-bond acceptors (Lipinski definition) is 1. The normalized spacial score (nSPS) is 9.40. The highest BCUT2D eigenvalue weighted by Gasteiger charge is 1.92. The van der Waals surface area contributed by atoms with Gasteiger partial charge >= 0.3 is 0 Å². The molecule has 0 aliphatic heterocycles. The Kier molecular flexibility index (Phi) is 1.86. The van der Waals surface area contributed by atoms with E-state index in [1.807, 2.05) is 26.0 Å². The van der Waals surface area contributed by atoms with Gasteiger partial charge in [-0.3, -0.25) is 4.79 Å². The van der Waals surface area contributed by atoms with Gasteiger partial charge < -0.3 is 0 Å². The molecule has 0 saturated carbocycles. The van der Waals surface area contributed by atoms with Crippen LogP contribution in [0.2, 0.25) is 0 Å². The Morgan fingerprint density at radius 1 is 1.30 bits per heavy atom. The van der Waals surface area contributed by atoms with Crippen LogP contribution in [-0.2, 0) is 0 Å². The van der Waals surface area contributed by atoms with Crippen molar-refractivity contribution in [1.82, 2.24) is 0 Å². The van der Waals surface area contributed by atoms with E-state index in [1.54, 1.807) is 0 Å². The second-order valence-electron chi connectivity index (χ2n) is 2.40. The van der Waals surface area contributed by atoms with E-state index in [0.29, 0.717) is 0 Å². The zero-order valence-electron chi connectivity index (χ0n) is 6.14. The standard InChI is InChI=1S/C9H9O/c1-7-3-8(2)5-9(4-7)6-10/h4-6H,1-2H3. The summed E-state index contributed by atoms with van der Waals surface area (Å²) in [5.74, 6) is 0. The van der Waals surface area contributed by atoms with Gasteiger partial charge in [-0.1, -0.05) is 0 Å². The van der Waals surface area contributed by atoms with Crippen LogP contribution < -0.4 is 0 Å². The fourth-order valence-corrected chi connectivity index (χ4v) is 0.993. The molecule has 0 aliphatic rings. The molecule has 1 aromatic carbocycles. The van der Waals surface area contributed by atoms with Crippen molar-refractivity contribution in [3.63, 3.8) is 0 Å². The third-order valence-corrected chi connectivity index (χ3v) is 1.30. The van der Waals surface area contributed by atoms with Crippen molar-refractivity contribution >= 4 is 6.29 Å². The minimum absolute atomic E-state index is 0.730. The molecule has 1 rings (SSSR count). The van der Waals surface area contributed by atoms with E-state index >= 15 is 0 Å². The van der Waals surface area contributed by atoms with E-state index in [0.717, 1.165) is 23.0 Å². The Morgan fingerprint density at radius 2 is 1.80 bits per heavy atom. The van der Waals surface area contributed by atoms with Gasteiger partial charge in [-0.15, -0.1) is 0 Å². The monoisotopic (exact) mass is 133 g/mol. The lowest BCUT2D eigenvalue weighted by atomic mass is 10.1. The Labute approximate surface area is 60.7 Å². The summed E-state index contributed by atoms with van der Waals surface area (Å²) in [7, 11) is 0. The van der Waals surface area contributed by atoms with Crippen LogP contribution in [0, 0.1) is 19.9 Å². The van der Waals surface area contributed by atoms with Gasteiger partial charge in [0.1, 0.15) is 6.29 Å². The molecule has 1 nitrogen and oxygen atoms in total. The summed E-state index contributed by atoms with van der Waals surface area (Å²) in [4.78, 5) is 10.3. The molecule has 0 heterocycles. The van der Waals surface area contributed by atoms with Crippen molar-refractivity contribution in [3.8, 4) is 0 Å². The van der Waals surface area contributed by atoms with Crippen LogP contribution >= 0.6 is 0 Å². The first-order chi connectivity index (χ1) is 4.72. The highest BCUT2D eigenvalue weighted by Crippen LogP contribution is 2.04. The first-order valence-electron chi connectivity index (χ1n) is 3.18. The topological polar surface area (TPSA) is 17.1 Å². The molecule has 0 N–H and O–H groups in total. The zero-order chi connectivity index (χ0) is 7.56. The second-order valence-corrected chi connectivity index (χ2v) is 2.40. The zero-order valence-corrected chi connectivity index (χ0v) is 6.14. The Hall–Kier alpha value is -1.11. The molecule has 0 unspecified atom stereocenters. The molecular weight excluding hydrogens is 124 g/mol. The average Bonchev–Trinajstić information content (AvgIpc) is 1.85. The molecule has 0 atom stereocenters. The van der Waals surface area contributed by atoms with E-state index in [2.05, 4.69) is 6.07 Å². The predicted molar refractivity (Wildman–Crippen MR) is 40.1 cm³/mol. The fraction of sp³-hybridized carbons (Fsp3) is 0.222.